The number of fused-ring (bicyclic) bond motifs is 4. The summed E-state index contributed by atoms with van der Waals surface area (Å²) in [6.45, 7) is 0. The second-order valence-corrected chi connectivity index (χ2v) is 6.57. The highest BCUT2D eigenvalue weighted by Crippen LogP contribution is 2.31. The first kappa shape index (κ1) is 12.2. The lowest BCUT2D eigenvalue weighted by molar-refractivity contribution is 0.687. The molecule has 0 unspecified atom stereocenters. The average Bonchev–Trinajstić information content (AvgIpc) is 2.56. The van der Waals surface area contributed by atoms with E-state index in [1.54, 1.807) is 11.1 Å². The van der Waals surface area contributed by atoms with Gasteiger partial charge in [-0.05, 0) is 93.4 Å². The van der Waals surface area contributed by atoms with Crippen LogP contribution < -0.4 is 0 Å². The van der Waals surface area contributed by atoms with Crippen LogP contribution in [-0.4, -0.2) is 0 Å². The van der Waals surface area contributed by atoms with Crippen LogP contribution in [0.2, 0.25) is 0 Å². The lowest BCUT2D eigenvalue weighted by atomic mass is 9.88. The van der Waals surface area contributed by atoms with Crippen molar-refractivity contribution in [1.82, 2.24) is 0 Å². The minimum absolute atomic E-state index is 1.25. The molecule has 0 atom stereocenters. The Morgan fingerprint density at radius 1 is 0.455 bits per heavy atom. The molecule has 0 N–H and O–H groups in total. The van der Waals surface area contributed by atoms with Crippen LogP contribution in [0, 0.1) is 0 Å². The molecular weight excluding hydrogens is 264 g/mol. The fourth-order valence-corrected chi connectivity index (χ4v) is 3.93. The standard InChI is InChI=1S/C22H18/c1-2-6-16-10-20-14-22-12-18-8-4-3-7-17(18)11-21(22)13-19(20)9-15(16)5-1/h1-2,5-6,9-14H,3-4,7-8H2. The third-order valence-electron chi connectivity index (χ3n) is 5.12. The lowest BCUT2D eigenvalue weighted by Gasteiger charge is -2.17. The quantitative estimate of drug-likeness (QED) is 0.346. The van der Waals surface area contributed by atoms with Gasteiger partial charge in [-0.15, -0.1) is 0 Å². The predicted octanol–water partition coefficient (Wildman–Crippen LogP) is 6.03. The van der Waals surface area contributed by atoms with E-state index in [1.807, 2.05) is 0 Å². The Kier molecular flexibility index (Phi) is 2.54. The zero-order chi connectivity index (χ0) is 14.5. The zero-order valence-corrected chi connectivity index (χ0v) is 12.6. The molecule has 0 radical (unpaired) electrons. The van der Waals surface area contributed by atoms with Crippen molar-refractivity contribution in [3.8, 4) is 0 Å². The first-order valence-corrected chi connectivity index (χ1v) is 8.25. The van der Waals surface area contributed by atoms with Crippen molar-refractivity contribution in [2.24, 2.45) is 0 Å². The largest absolute Gasteiger partial charge is 0.0616 e. The van der Waals surface area contributed by atoms with Gasteiger partial charge in [-0.1, -0.05) is 36.4 Å². The molecule has 0 heteroatoms. The summed E-state index contributed by atoms with van der Waals surface area (Å²) in [5.74, 6) is 0. The monoisotopic (exact) mass is 282 g/mol. The predicted molar refractivity (Wildman–Crippen MR) is 95.6 cm³/mol. The van der Waals surface area contributed by atoms with Gasteiger partial charge in [0, 0.05) is 0 Å². The smallest absolute Gasteiger partial charge is 0.0171 e. The van der Waals surface area contributed by atoms with Gasteiger partial charge in [0.1, 0.15) is 0 Å². The molecule has 0 aromatic heterocycles. The van der Waals surface area contributed by atoms with Gasteiger partial charge in [-0.3, -0.25) is 0 Å². The summed E-state index contributed by atoms with van der Waals surface area (Å²) in [5, 5.41) is 8.13. The maximum absolute atomic E-state index is 2.43. The Bertz CT molecular complexity index is 941. The number of hydrogen-bond donors (Lipinski definition) is 0. The molecule has 0 saturated heterocycles. The number of hydrogen-bond acceptors (Lipinski definition) is 0. The van der Waals surface area contributed by atoms with Crippen molar-refractivity contribution in [2.45, 2.75) is 25.7 Å². The third-order valence-corrected chi connectivity index (χ3v) is 5.12. The number of benzene rings is 4. The van der Waals surface area contributed by atoms with Crippen LogP contribution in [-0.2, 0) is 12.8 Å². The van der Waals surface area contributed by atoms with Crippen LogP contribution in [0.5, 0.6) is 0 Å². The number of rotatable bonds is 0. The molecule has 22 heavy (non-hydrogen) atoms. The van der Waals surface area contributed by atoms with E-state index in [2.05, 4.69) is 60.7 Å². The highest BCUT2D eigenvalue weighted by molar-refractivity contribution is 6.04. The van der Waals surface area contributed by atoms with Gasteiger partial charge in [-0.2, -0.15) is 0 Å². The Morgan fingerprint density at radius 2 is 0.864 bits per heavy atom. The van der Waals surface area contributed by atoms with E-state index in [1.165, 1.54) is 58.0 Å². The summed E-state index contributed by atoms with van der Waals surface area (Å²) in [6, 6.07) is 22.9. The van der Waals surface area contributed by atoms with E-state index < -0.39 is 0 Å². The highest BCUT2D eigenvalue weighted by Gasteiger charge is 2.10. The van der Waals surface area contributed by atoms with Gasteiger partial charge in [0.15, 0.2) is 0 Å². The molecule has 4 aromatic carbocycles. The van der Waals surface area contributed by atoms with E-state index >= 15 is 0 Å². The van der Waals surface area contributed by atoms with Crippen LogP contribution in [0.4, 0.5) is 0 Å². The SMILES string of the molecule is c1ccc2cc3cc4cc5c(cc4cc3cc2c1)CCCC5. The molecule has 0 fully saturated rings. The molecule has 1 aliphatic rings. The average molecular weight is 282 g/mol. The summed E-state index contributed by atoms with van der Waals surface area (Å²) in [7, 11) is 0. The number of aryl methyl sites for hydroxylation is 2. The van der Waals surface area contributed by atoms with Crippen molar-refractivity contribution in [1.29, 1.82) is 0 Å². The van der Waals surface area contributed by atoms with Crippen LogP contribution in [0.15, 0.2) is 60.7 Å². The molecule has 0 amide bonds. The van der Waals surface area contributed by atoms with Crippen molar-refractivity contribution in [3.63, 3.8) is 0 Å². The second-order valence-electron chi connectivity index (χ2n) is 6.57. The molecule has 0 aliphatic heterocycles. The van der Waals surface area contributed by atoms with Crippen molar-refractivity contribution in [2.75, 3.05) is 0 Å². The van der Waals surface area contributed by atoms with Gasteiger partial charge in [-0.25, -0.2) is 0 Å². The Balaban J connectivity index is 1.84. The van der Waals surface area contributed by atoms with Crippen LogP contribution >= 0.6 is 0 Å². The van der Waals surface area contributed by atoms with Gasteiger partial charge in [0.2, 0.25) is 0 Å². The Hall–Kier alpha value is -2.34. The summed E-state index contributed by atoms with van der Waals surface area (Å²) >= 11 is 0. The Morgan fingerprint density at radius 3 is 1.36 bits per heavy atom. The Labute approximate surface area is 130 Å². The van der Waals surface area contributed by atoms with Gasteiger partial charge in [0.05, 0.1) is 0 Å². The first-order chi connectivity index (χ1) is 10.9. The first-order valence-electron chi connectivity index (χ1n) is 8.25. The van der Waals surface area contributed by atoms with E-state index in [0.717, 1.165) is 0 Å². The van der Waals surface area contributed by atoms with E-state index in [-0.39, 0.29) is 0 Å². The zero-order valence-electron chi connectivity index (χ0n) is 12.6. The maximum Gasteiger partial charge on any atom is -0.0171 e. The molecule has 0 saturated carbocycles. The van der Waals surface area contributed by atoms with Crippen LogP contribution in [0.1, 0.15) is 24.0 Å². The van der Waals surface area contributed by atoms with E-state index in [0.29, 0.717) is 0 Å². The fraction of sp³-hybridized carbons (Fsp3) is 0.182. The molecule has 0 nitrogen and oxygen atoms in total. The topological polar surface area (TPSA) is 0 Å². The minimum Gasteiger partial charge on any atom is -0.0616 e. The molecule has 0 heterocycles. The van der Waals surface area contributed by atoms with Crippen molar-refractivity contribution >= 4 is 32.3 Å². The summed E-state index contributed by atoms with van der Waals surface area (Å²) in [4.78, 5) is 0. The third kappa shape index (κ3) is 1.84. The van der Waals surface area contributed by atoms with Gasteiger partial charge in [0.25, 0.3) is 0 Å². The highest BCUT2D eigenvalue weighted by atomic mass is 14.2. The summed E-state index contributed by atoms with van der Waals surface area (Å²) in [6.07, 6.45) is 5.19. The molecule has 5 rings (SSSR count). The van der Waals surface area contributed by atoms with Gasteiger partial charge >= 0.3 is 0 Å². The fourth-order valence-electron chi connectivity index (χ4n) is 3.93. The summed E-state index contributed by atoms with van der Waals surface area (Å²) in [5.41, 5.74) is 3.14. The molecule has 0 bridgehead atoms. The van der Waals surface area contributed by atoms with Crippen LogP contribution in [0.25, 0.3) is 32.3 Å². The van der Waals surface area contributed by atoms with Crippen LogP contribution in [0.3, 0.4) is 0 Å². The molecule has 106 valence electrons. The van der Waals surface area contributed by atoms with E-state index in [9.17, 15) is 0 Å². The minimum atomic E-state index is 1.25. The molecule has 4 aromatic rings. The van der Waals surface area contributed by atoms with E-state index in [4.69, 9.17) is 0 Å². The lowest BCUT2D eigenvalue weighted by Crippen LogP contribution is -2.02. The van der Waals surface area contributed by atoms with Crippen molar-refractivity contribution < 1.29 is 0 Å². The molecule has 1 aliphatic carbocycles. The maximum atomic E-state index is 2.43. The van der Waals surface area contributed by atoms with Crippen molar-refractivity contribution in [3.05, 3.63) is 71.8 Å². The molecular formula is C22H18. The normalized spacial score (nSPS) is 14.5. The summed E-state index contributed by atoms with van der Waals surface area (Å²) < 4.78 is 0. The second kappa shape index (κ2) is 4.58. The molecule has 0 spiro atoms. The van der Waals surface area contributed by atoms with Gasteiger partial charge < -0.3 is 0 Å².